The van der Waals surface area contributed by atoms with Gasteiger partial charge in [-0.1, -0.05) is 110 Å². The second-order valence-electron chi connectivity index (χ2n) is 9.97. The first-order chi connectivity index (χ1) is 12.4. The molecule has 0 N–H and O–H groups in total. The maximum Gasteiger partial charge on any atom is 4.00 e. The van der Waals surface area contributed by atoms with Crippen molar-refractivity contribution in [3.8, 4) is 0 Å². The zero-order valence-electron chi connectivity index (χ0n) is 20.0. The molecule has 2 aliphatic carbocycles. The molecule has 1 nitrogen and oxygen atoms in total. The number of hydrogen-bond donors (Lipinski definition) is 0. The maximum atomic E-state index is 5.11. The number of hydrogen-bond acceptors (Lipinski definition) is 2. The van der Waals surface area contributed by atoms with Gasteiger partial charge in [-0.15, -0.1) is 6.21 Å². The van der Waals surface area contributed by atoms with Crippen LogP contribution >= 0.6 is 0 Å². The van der Waals surface area contributed by atoms with Gasteiger partial charge < -0.3 is 17.6 Å². The summed E-state index contributed by atoms with van der Waals surface area (Å²) in [5.74, 6) is 0. The van der Waals surface area contributed by atoms with Crippen molar-refractivity contribution in [2.45, 2.75) is 117 Å². The van der Waals surface area contributed by atoms with Gasteiger partial charge in [0, 0.05) is 8.07 Å². The Bertz CT molecular complexity index is 462. The average molecular weight is 515 g/mol. The molecule has 0 aromatic rings. The van der Waals surface area contributed by atoms with E-state index in [0.717, 1.165) is 10.6 Å². The molecule has 0 atom stereocenters. The first kappa shape index (κ1) is 30.9. The van der Waals surface area contributed by atoms with E-state index >= 15 is 0 Å². The molecule has 0 aliphatic heterocycles. The first-order valence-corrected chi connectivity index (χ1v) is 18.4. The molecule has 0 saturated heterocycles. The molecule has 0 unspecified atom stereocenters. The van der Waals surface area contributed by atoms with Crippen LogP contribution in [0.3, 0.4) is 0 Å². The van der Waals surface area contributed by atoms with Crippen LogP contribution in [0.25, 0.3) is 0 Å². The topological polar surface area (TPSA) is 12.4 Å². The molecule has 0 bridgehead atoms. The molecule has 0 spiro atoms. The first-order valence-electron chi connectivity index (χ1n) is 11.0. The van der Waals surface area contributed by atoms with Gasteiger partial charge in [0.15, 0.2) is 0 Å². The van der Waals surface area contributed by atoms with Crippen LogP contribution in [-0.4, -0.2) is 22.4 Å². The summed E-state index contributed by atoms with van der Waals surface area (Å²) in [6.45, 7) is 17.8. The molecule has 0 radical (unpaired) electrons. The standard InChI is InChI=1S/C13H26NSSi2.2C5H10.Zr/c1-11(12(2)15)14-9-13(17(6,7)8)10-16(3,4)5;2*1-2-4-5-3-1;/h9,15H,1-8H3;2*1-5H2;/q-1;;;+4/p-1/b12-11-,14-9?;;;. The molecule has 0 heterocycles. The fourth-order valence-corrected chi connectivity index (χ4v) is 6.84. The molecule has 2 aliphatic rings. The van der Waals surface area contributed by atoms with Crippen LogP contribution in [0.1, 0.15) is 78.1 Å². The molecule has 2 rings (SSSR count). The maximum absolute atomic E-state index is 5.11. The smallest absolute Gasteiger partial charge is 0.782 e. The quantitative estimate of drug-likeness (QED) is 0.159. The van der Waals surface area contributed by atoms with Crippen LogP contribution in [-0.2, 0) is 38.8 Å². The summed E-state index contributed by atoms with van der Waals surface area (Å²) in [5, 5.41) is 1.33. The van der Waals surface area contributed by atoms with Gasteiger partial charge in [-0.3, -0.25) is 5.70 Å². The van der Waals surface area contributed by atoms with Crippen LogP contribution in [0.5, 0.6) is 0 Å². The monoisotopic (exact) mass is 513 g/mol. The van der Waals surface area contributed by atoms with Crippen molar-refractivity contribution in [3.63, 3.8) is 0 Å². The van der Waals surface area contributed by atoms with Crippen LogP contribution in [0.15, 0.2) is 20.8 Å². The van der Waals surface area contributed by atoms with Gasteiger partial charge in [-0.2, -0.15) is 4.91 Å². The second kappa shape index (κ2) is 16.4. The van der Waals surface area contributed by atoms with Gasteiger partial charge in [0.05, 0.1) is 0 Å². The summed E-state index contributed by atoms with van der Waals surface area (Å²) in [7, 11) is -2.68. The second-order valence-corrected chi connectivity index (χ2v) is 20.4. The van der Waals surface area contributed by atoms with E-state index < -0.39 is 16.1 Å². The fourth-order valence-electron chi connectivity index (χ4n) is 2.84. The van der Waals surface area contributed by atoms with E-state index in [1.165, 1.54) is 69.4 Å². The third-order valence-electron chi connectivity index (χ3n) is 4.71. The summed E-state index contributed by atoms with van der Waals surface area (Å²) < 4.78 is 0. The predicted molar refractivity (Wildman–Crippen MR) is 134 cm³/mol. The molecule has 5 heteroatoms. The molecule has 2 saturated carbocycles. The predicted octanol–water partition coefficient (Wildman–Crippen LogP) is 8.24. The zero-order valence-corrected chi connectivity index (χ0v) is 25.3. The molecular formula is C23H45NSSi2Zr+2. The van der Waals surface area contributed by atoms with E-state index in [-0.39, 0.29) is 26.2 Å². The zero-order chi connectivity index (χ0) is 20.9. The minimum Gasteiger partial charge on any atom is -0.782 e. The van der Waals surface area contributed by atoms with Crippen molar-refractivity contribution in [2.24, 2.45) is 4.99 Å². The van der Waals surface area contributed by atoms with E-state index in [1.807, 2.05) is 20.1 Å². The summed E-state index contributed by atoms with van der Waals surface area (Å²) in [5.41, 5.74) is 4.64. The van der Waals surface area contributed by atoms with E-state index in [0.29, 0.717) is 0 Å². The Morgan fingerprint density at radius 1 is 0.750 bits per heavy atom. The van der Waals surface area contributed by atoms with Crippen molar-refractivity contribution in [2.75, 3.05) is 0 Å². The Labute approximate surface area is 203 Å². The fraction of sp³-hybridized carbons (Fsp3) is 0.783. The van der Waals surface area contributed by atoms with E-state index in [1.54, 1.807) is 0 Å². The van der Waals surface area contributed by atoms with Gasteiger partial charge in [-0.05, 0) is 20.7 Å². The van der Waals surface area contributed by atoms with Crippen molar-refractivity contribution in [1.29, 1.82) is 0 Å². The van der Waals surface area contributed by atoms with Crippen LogP contribution in [0.2, 0.25) is 39.3 Å². The molecule has 0 aromatic carbocycles. The van der Waals surface area contributed by atoms with Crippen LogP contribution in [0, 0.1) is 5.70 Å². The Hall–Kier alpha value is 0.687. The molecule has 0 aromatic heterocycles. The van der Waals surface area contributed by atoms with Crippen molar-refractivity contribution in [3.05, 3.63) is 21.5 Å². The molecule has 2 fully saturated rings. The normalized spacial score (nSPS) is 18.5. The number of aliphatic imine (C=N–C) groups is 1. The van der Waals surface area contributed by atoms with E-state index in [4.69, 9.17) is 12.6 Å². The third-order valence-corrected chi connectivity index (χ3v) is 8.15. The molecular weight excluding hydrogens is 470 g/mol. The largest absolute Gasteiger partial charge is 4.00 e. The summed E-state index contributed by atoms with van der Waals surface area (Å²) >= 11 is 5.11. The minimum atomic E-state index is -1.36. The van der Waals surface area contributed by atoms with Gasteiger partial charge >= 0.3 is 26.2 Å². The Kier molecular flexibility index (Phi) is 18.1. The van der Waals surface area contributed by atoms with Gasteiger partial charge in [0.25, 0.3) is 0 Å². The summed E-state index contributed by atoms with van der Waals surface area (Å²) in [4.78, 5) is 5.35. The van der Waals surface area contributed by atoms with Crippen molar-refractivity contribution < 1.29 is 26.2 Å². The van der Waals surface area contributed by atoms with Crippen molar-refractivity contribution in [1.82, 2.24) is 0 Å². The van der Waals surface area contributed by atoms with Gasteiger partial charge in [0.2, 0.25) is 0 Å². The average Bonchev–Trinajstić information content (AvgIpc) is 3.26. The molecule has 0 amide bonds. The minimum absolute atomic E-state index is 0. The Morgan fingerprint density at radius 2 is 1.07 bits per heavy atom. The summed E-state index contributed by atoms with van der Waals surface area (Å²) in [6, 6.07) is 0. The summed E-state index contributed by atoms with van der Waals surface area (Å²) in [6.07, 6.45) is 17.0. The van der Waals surface area contributed by atoms with Crippen molar-refractivity contribution >= 4 is 35.0 Å². The van der Waals surface area contributed by atoms with Crippen LogP contribution < -0.4 is 0 Å². The molecule has 158 valence electrons. The van der Waals surface area contributed by atoms with Gasteiger partial charge in [-0.25, -0.2) is 5.20 Å². The number of allylic oxidation sites excluding steroid dienone is 3. The number of rotatable bonds is 4. The number of nitrogens with zero attached hydrogens (tertiary/aromatic N) is 1. The Balaban J connectivity index is 0. The van der Waals surface area contributed by atoms with Crippen LogP contribution in [0.4, 0.5) is 0 Å². The van der Waals surface area contributed by atoms with Gasteiger partial charge in [0.1, 0.15) is 0 Å². The molecule has 28 heavy (non-hydrogen) atoms. The van der Waals surface area contributed by atoms with E-state index in [9.17, 15) is 0 Å². The third kappa shape index (κ3) is 18.7. The SMILES string of the molecule is C/C([S-])=C(\C)N=CC(=[C-][Si](C)(C)C)[Si](C)(C)C.C1CCCC1.C1CCCC1.[Zr+4]. The Morgan fingerprint density at radius 3 is 1.29 bits per heavy atom. The van der Waals surface area contributed by atoms with E-state index in [2.05, 4.69) is 50.0 Å².